The molecule has 0 amide bonds. The zero-order valence-electron chi connectivity index (χ0n) is 13.8. The van der Waals surface area contributed by atoms with Crippen LogP contribution in [0.15, 0.2) is 24.4 Å². The van der Waals surface area contributed by atoms with Crippen LogP contribution in [0.4, 0.5) is 13.2 Å². The molecule has 2 rings (SSSR count). The Morgan fingerprint density at radius 1 is 1.29 bits per heavy atom. The average Bonchev–Trinajstić information content (AvgIpc) is 2.95. The van der Waals surface area contributed by atoms with E-state index in [9.17, 15) is 13.2 Å². The van der Waals surface area contributed by atoms with Crippen molar-refractivity contribution in [2.24, 2.45) is 0 Å². The van der Waals surface area contributed by atoms with Gasteiger partial charge < -0.3 is 9.30 Å². The number of halogens is 4. The van der Waals surface area contributed by atoms with E-state index in [0.29, 0.717) is 24.3 Å². The molecule has 1 aromatic heterocycles. The van der Waals surface area contributed by atoms with Crippen LogP contribution in [0.2, 0.25) is 5.02 Å². The molecule has 1 atom stereocenters. The minimum atomic E-state index is -4.41. The summed E-state index contributed by atoms with van der Waals surface area (Å²) < 4.78 is 45.6. The molecule has 2 aromatic rings. The van der Waals surface area contributed by atoms with Crippen LogP contribution in [0.3, 0.4) is 0 Å². The van der Waals surface area contributed by atoms with E-state index in [2.05, 4.69) is 4.98 Å². The second-order valence-electron chi connectivity index (χ2n) is 5.51. The van der Waals surface area contributed by atoms with Crippen molar-refractivity contribution in [1.29, 1.82) is 0 Å². The lowest BCUT2D eigenvalue weighted by atomic mass is 10.1. The summed E-state index contributed by atoms with van der Waals surface area (Å²) in [6.45, 7) is 4.57. The summed E-state index contributed by atoms with van der Waals surface area (Å²) in [6.07, 6.45) is -1.02. The van der Waals surface area contributed by atoms with Crippen LogP contribution in [0.1, 0.15) is 37.7 Å². The molecule has 0 radical (unpaired) electrons. The quantitative estimate of drug-likeness (QED) is 0.691. The normalized spacial score (nSPS) is 13.3. The third kappa shape index (κ3) is 3.92. The zero-order valence-corrected chi connectivity index (χ0v) is 14.6. The predicted molar refractivity (Wildman–Crippen MR) is 88.3 cm³/mol. The van der Waals surface area contributed by atoms with Crippen LogP contribution < -0.4 is 0 Å². The van der Waals surface area contributed by atoms with E-state index in [4.69, 9.17) is 16.3 Å². The van der Waals surface area contributed by atoms with E-state index in [-0.39, 0.29) is 11.1 Å². The molecule has 1 aromatic carbocycles. The van der Waals surface area contributed by atoms with Crippen molar-refractivity contribution < 1.29 is 17.9 Å². The fourth-order valence-corrected chi connectivity index (χ4v) is 2.90. The highest BCUT2D eigenvalue weighted by Gasteiger charge is 2.31. The molecule has 0 fully saturated rings. The molecule has 132 valence electrons. The van der Waals surface area contributed by atoms with E-state index in [1.807, 2.05) is 24.6 Å². The number of aromatic nitrogens is 2. The second kappa shape index (κ2) is 7.57. The Kier molecular flexibility index (Phi) is 5.93. The number of imidazole rings is 1. The van der Waals surface area contributed by atoms with Gasteiger partial charge in [-0.05, 0) is 18.6 Å². The number of ether oxygens (including phenoxy) is 1. The molecule has 7 heteroatoms. The number of benzene rings is 1. The van der Waals surface area contributed by atoms with Gasteiger partial charge in [-0.2, -0.15) is 13.2 Å². The third-order valence-electron chi connectivity index (χ3n) is 3.92. The molecule has 0 spiro atoms. The summed E-state index contributed by atoms with van der Waals surface area (Å²) in [4.78, 5) is 4.54. The highest BCUT2D eigenvalue weighted by molar-refractivity contribution is 6.33. The maximum Gasteiger partial charge on any atom is 0.416 e. The second-order valence-corrected chi connectivity index (χ2v) is 5.92. The molecule has 0 aliphatic rings. The van der Waals surface area contributed by atoms with Crippen LogP contribution in [0, 0.1) is 0 Å². The van der Waals surface area contributed by atoms with Gasteiger partial charge in [0.1, 0.15) is 5.82 Å². The lowest BCUT2D eigenvalue weighted by molar-refractivity contribution is -0.137. The highest BCUT2D eigenvalue weighted by atomic mass is 35.5. The van der Waals surface area contributed by atoms with Gasteiger partial charge in [0.05, 0.1) is 28.9 Å². The van der Waals surface area contributed by atoms with Crippen LogP contribution in [0.5, 0.6) is 0 Å². The minimum Gasteiger partial charge on any atom is -0.383 e. The van der Waals surface area contributed by atoms with Gasteiger partial charge in [0.25, 0.3) is 0 Å². The Balaban J connectivity index is 2.44. The molecular formula is C17H20ClF3N2O. The largest absolute Gasteiger partial charge is 0.416 e. The van der Waals surface area contributed by atoms with Crippen LogP contribution in [0.25, 0.3) is 11.3 Å². The predicted octanol–water partition coefficient (Wildman–Crippen LogP) is 5.38. The van der Waals surface area contributed by atoms with Crippen LogP contribution in [-0.4, -0.2) is 23.3 Å². The van der Waals surface area contributed by atoms with Gasteiger partial charge in [0.2, 0.25) is 0 Å². The molecule has 0 bridgehead atoms. The minimum absolute atomic E-state index is 0.0388. The first-order valence-electron chi connectivity index (χ1n) is 7.75. The van der Waals surface area contributed by atoms with Crippen molar-refractivity contribution in [2.75, 3.05) is 13.7 Å². The molecule has 3 nitrogen and oxygen atoms in total. The lowest BCUT2D eigenvalue weighted by Gasteiger charge is -2.17. The molecule has 0 saturated heterocycles. The molecule has 24 heavy (non-hydrogen) atoms. The number of rotatable bonds is 6. The monoisotopic (exact) mass is 360 g/mol. The van der Waals surface area contributed by atoms with Gasteiger partial charge in [-0.3, -0.25) is 0 Å². The number of hydrogen-bond donors (Lipinski definition) is 0. The topological polar surface area (TPSA) is 27.1 Å². The average molecular weight is 361 g/mol. The molecule has 0 N–H and O–H groups in total. The van der Waals surface area contributed by atoms with E-state index in [1.165, 1.54) is 6.07 Å². The Hall–Kier alpha value is -1.53. The molecular weight excluding hydrogens is 341 g/mol. The van der Waals surface area contributed by atoms with Gasteiger partial charge in [-0.25, -0.2) is 4.98 Å². The summed E-state index contributed by atoms with van der Waals surface area (Å²) in [5.74, 6) is 0.852. The van der Waals surface area contributed by atoms with Gasteiger partial charge in [0.15, 0.2) is 0 Å². The first-order valence-corrected chi connectivity index (χ1v) is 8.13. The van der Waals surface area contributed by atoms with E-state index in [1.54, 1.807) is 7.11 Å². The van der Waals surface area contributed by atoms with Gasteiger partial charge >= 0.3 is 6.18 Å². The van der Waals surface area contributed by atoms with E-state index in [0.717, 1.165) is 24.4 Å². The number of nitrogens with zero attached hydrogens (tertiary/aromatic N) is 2. The van der Waals surface area contributed by atoms with E-state index < -0.39 is 11.7 Å². The zero-order chi connectivity index (χ0) is 17.9. The van der Waals surface area contributed by atoms with Crippen molar-refractivity contribution in [3.63, 3.8) is 0 Å². The fraction of sp³-hybridized carbons (Fsp3) is 0.471. The summed E-state index contributed by atoms with van der Waals surface area (Å²) in [6, 6.07) is 3.46. The Morgan fingerprint density at radius 3 is 2.50 bits per heavy atom. The lowest BCUT2D eigenvalue weighted by Crippen LogP contribution is -2.15. The summed E-state index contributed by atoms with van der Waals surface area (Å²) in [7, 11) is 1.64. The number of alkyl halides is 3. The van der Waals surface area contributed by atoms with Crippen LogP contribution >= 0.6 is 11.6 Å². The molecule has 1 unspecified atom stereocenters. The summed E-state index contributed by atoms with van der Waals surface area (Å²) in [5, 5.41) is 0.0388. The molecule has 0 aliphatic carbocycles. The van der Waals surface area contributed by atoms with Gasteiger partial charge in [0, 0.05) is 25.3 Å². The Bertz CT molecular complexity index is 698. The summed E-state index contributed by atoms with van der Waals surface area (Å²) >= 11 is 6.08. The maximum absolute atomic E-state index is 12.8. The molecule has 0 aliphatic heterocycles. The van der Waals surface area contributed by atoms with E-state index >= 15 is 0 Å². The fourth-order valence-electron chi connectivity index (χ4n) is 2.63. The Labute approximate surface area is 144 Å². The van der Waals surface area contributed by atoms with Crippen molar-refractivity contribution >= 4 is 11.6 Å². The smallest absolute Gasteiger partial charge is 0.383 e. The van der Waals surface area contributed by atoms with Crippen LogP contribution in [-0.2, 0) is 17.3 Å². The summed E-state index contributed by atoms with van der Waals surface area (Å²) in [5.41, 5.74) is 0.294. The number of methoxy groups -OCH3 is 1. The first kappa shape index (κ1) is 18.8. The third-order valence-corrected chi connectivity index (χ3v) is 4.23. The van der Waals surface area contributed by atoms with Crippen molar-refractivity contribution in [3.8, 4) is 11.3 Å². The van der Waals surface area contributed by atoms with Crippen molar-refractivity contribution in [1.82, 2.24) is 9.55 Å². The van der Waals surface area contributed by atoms with Gasteiger partial charge in [-0.15, -0.1) is 0 Å². The van der Waals surface area contributed by atoms with Crippen molar-refractivity contribution in [3.05, 3.63) is 40.8 Å². The standard InChI is InChI=1S/C17H20ClF3N2O/c1-4-12(10-24-3)23-9-15(22-16(23)5-2)13-7-6-11(8-14(13)18)17(19,20)21/h6-9,12H,4-5,10H2,1-3H3. The number of aryl methyl sites for hydroxylation is 1. The highest BCUT2D eigenvalue weighted by Crippen LogP contribution is 2.35. The SMILES string of the molecule is CCc1nc(-c2ccc(C(F)(F)F)cc2Cl)cn1C(CC)COC. The number of hydrogen-bond acceptors (Lipinski definition) is 2. The molecule has 0 saturated carbocycles. The maximum atomic E-state index is 12.8. The molecule has 1 heterocycles. The first-order chi connectivity index (χ1) is 11.3. The van der Waals surface area contributed by atoms with Gasteiger partial charge in [-0.1, -0.05) is 31.5 Å². The van der Waals surface area contributed by atoms with Crippen molar-refractivity contribution in [2.45, 2.75) is 38.9 Å². The Morgan fingerprint density at radius 2 is 2.00 bits per heavy atom.